The minimum atomic E-state index is -0.256. The zero-order valence-corrected chi connectivity index (χ0v) is 11.6. The summed E-state index contributed by atoms with van der Waals surface area (Å²) in [5.74, 6) is -0.256. The minimum Gasteiger partial charge on any atom is -0.375 e. The molecule has 3 N–H and O–H groups in total. The van der Waals surface area contributed by atoms with E-state index in [1.165, 1.54) is 11.3 Å². The van der Waals surface area contributed by atoms with Crippen LogP contribution in [0.2, 0.25) is 0 Å². The third-order valence-electron chi connectivity index (χ3n) is 2.51. The van der Waals surface area contributed by atoms with E-state index in [1.54, 1.807) is 16.7 Å². The molecule has 3 rings (SSSR count). The SMILES string of the molecule is Cc1nc2ccc(NC(=O)c3csc(N)n3)cc2s1. The van der Waals surface area contributed by atoms with Gasteiger partial charge in [0.25, 0.3) is 5.91 Å². The molecule has 96 valence electrons. The van der Waals surface area contributed by atoms with E-state index in [9.17, 15) is 4.79 Å². The summed E-state index contributed by atoms with van der Waals surface area (Å²) >= 11 is 2.84. The Hall–Kier alpha value is -1.99. The lowest BCUT2D eigenvalue weighted by atomic mass is 10.3. The maximum absolute atomic E-state index is 11.9. The van der Waals surface area contributed by atoms with E-state index in [-0.39, 0.29) is 5.91 Å². The van der Waals surface area contributed by atoms with Crippen molar-refractivity contribution in [1.82, 2.24) is 9.97 Å². The van der Waals surface area contributed by atoms with Crippen molar-refractivity contribution in [2.75, 3.05) is 11.1 Å². The number of benzene rings is 1. The molecule has 0 aliphatic carbocycles. The summed E-state index contributed by atoms with van der Waals surface area (Å²) < 4.78 is 1.05. The number of carbonyl (C=O) groups excluding carboxylic acids is 1. The van der Waals surface area contributed by atoms with Crippen LogP contribution >= 0.6 is 22.7 Å². The van der Waals surface area contributed by atoms with Gasteiger partial charge < -0.3 is 11.1 Å². The van der Waals surface area contributed by atoms with E-state index in [0.29, 0.717) is 10.8 Å². The van der Waals surface area contributed by atoms with Crippen molar-refractivity contribution in [2.24, 2.45) is 0 Å². The summed E-state index contributed by atoms with van der Waals surface area (Å²) in [5, 5.41) is 5.83. The molecule has 3 aromatic rings. The van der Waals surface area contributed by atoms with Gasteiger partial charge in [0.05, 0.1) is 15.2 Å². The monoisotopic (exact) mass is 290 g/mol. The fraction of sp³-hybridized carbons (Fsp3) is 0.0833. The van der Waals surface area contributed by atoms with Crippen molar-refractivity contribution >= 4 is 49.6 Å². The molecule has 0 unspecified atom stereocenters. The van der Waals surface area contributed by atoms with Crippen LogP contribution in [-0.2, 0) is 0 Å². The van der Waals surface area contributed by atoms with Gasteiger partial charge in [-0.25, -0.2) is 9.97 Å². The van der Waals surface area contributed by atoms with Gasteiger partial charge in [0.2, 0.25) is 0 Å². The highest BCUT2D eigenvalue weighted by Crippen LogP contribution is 2.25. The molecule has 0 saturated carbocycles. The number of nitrogens with one attached hydrogen (secondary N) is 1. The molecule has 19 heavy (non-hydrogen) atoms. The first kappa shape index (κ1) is 12.1. The van der Waals surface area contributed by atoms with Crippen molar-refractivity contribution in [2.45, 2.75) is 6.92 Å². The standard InChI is InChI=1S/C12H10N4OS2/c1-6-14-8-3-2-7(4-10(8)19-6)15-11(17)9-5-18-12(13)16-9/h2-5H,1H3,(H2,13,16)(H,15,17). The highest BCUT2D eigenvalue weighted by Gasteiger charge is 2.10. The van der Waals surface area contributed by atoms with E-state index in [1.807, 2.05) is 25.1 Å². The quantitative estimate of drug-likeness (QED) is 0.760. The summed E-state index contributed by atoms with van der Waals surface area (Å²) in [4.78, 5) is 20.3. The van der Waals surface area contributed by atoms with E-state index in [2.05, 4.69) is 15.3 Å². The number of hydrogen-bond acceptors (Lipinski definition) is 6. The fourth-order valence-electron chi connectivity index (χ4n) is 1.70. The largest absolute Gasteiger partial charge is 0.375 e. The topological polar surface area (TPSA) is 80.9 Å². The molecule has 2 aromatic heterocycles. The normalized spacial score (nSPS) is 10.8. The third kappa shape index (κ3) is 2.42. The number of amides is 1. The number of nitrogens with zero attached hydrogens (tertiary/aromatic N) is 2. The molecule has 0 aliphatic heterocycles. The van der Waals surface area contributed by atoms with Crippen LogP contribution in [0, 0.1) is 6.92 Å². The van der Waals surface area contributed by atoms with Crippen molar-refractivity contribution in [1.29, 1.82) is 0 Å². The summed E-state index contributed by atoms with van der Waals surface area (Å²) in [5.41, 5.74) is 7.52. The summed E-state index contributed by atoms with van der Waals surface area (Å²) in [6.07, 6.45) is 0. The second-order valence-electron chi connectivity index (χ2n) is 3.94. The molecule has 0 radical (unpaired) electrons. The second kappa shape index (κ2) is 4.60. The molecule has 0 fully saturated rings. The smallest absolute Gasteiger partial charge is 0.275 e. The lowest BCUT2D eigenvalue weighted by molar-refractivity contribution is 0.102. The Morgan fingerprint density at radius 2 is 2.21 bits per heavy atom. The Bertz CT molecular complexity index is 762. The van der Waals surface area contributed by atoms with Crippen LogP contribution in [0.1, 0.15) is 15.5 Å². The van der Waals surface area contributed by atoms with E-state index in [4.69, 9.17) is 5.73 Å². The second-order valence-corrected chi connectivity index (χ2v) is 6.06. The number of hydrogen-bond donors (Lipinski definition) is 2. The Morgan fingerprint density at radius 1 is 1.37 bits per heavy atom. The lowest BCUT2D eigenvalue weighted by Crippen LogP contribution is -2.12. The van der Waals surface area contributed by atoms with Crippen LogP contribution in [0.4, 0.5) is 10.8 Å². The van der Waals surface area contributed by atoms with Crippen molar-refractivity contribution in [3.05, 3.63) is 34.3 Å². The van der Waals surface area contributed by atoms with Gasteiger partial charge in [-0.1, -0.05) is 0 Å². The minimum absolute atomic E-state index is 0.256. The number of nitrogen functional groups attached to an aromatic ring is 1. The molecule has 5 nitrogen and oxygen atoms in total. The first-order valence-corrected chi connectivity index (χ1v) is 7.21. The van der Waals surface area contributed by atoms with Crippen molar-refractivity contribution in [3.8, 4) is 0 Å². The number of thiazole rings is 2. The number of rotatable bonds is 2. The van der Waals surface area contributed by atoms with Gasteiger partial charge in [-0.3, -0.25) is 4.79 Å². The highest BCUT2D eigenvalue weighted by atomic mass is 32.1. The van der Waals surface area contributed by atoms with Crippen LogP contribution in [0.5, 0.6) is 0 Å². The van der Waals surface area contributed by atoms with Crippen molar-refractivity contribution in [3.63, 3.8) is 0 Å². The van der Waals surface area contributed by atoms with Gasteiger partial charge in [0.15, 0.2) is 5.13 Å². The van der Waals surface area contributed by atoms with Crippen molar-refractivity contribution < 1.29 is 4.79 Å². The molecule has 0 saturated heterocycles. The average molecular weight is 290 g/mol. The Labute approximate surface area is 117 Å². The van der Waals surface area contributed by atoms with Crippen LogP contribution in [0.25, 0.3) is 10.2 Å². The maximum Gasteiger partial charge on any atom is 0.275 e. The Balaban J connectivity index is 1.86. The van der Waals surface area contributed by atoms with Gasteiger partial charge in [-0.15, -0.1) is 22.7 Å². The van der Waals surface area contributed by atoms with Gasteiger partial charge in [0.1, 0.15) is 5.69 Å². The van der Waals surface area contributed by atoms with E-state index >= 15 is 0 Å². The Morgan fingerprint density at radius 3 is 2.95 bits per heavy atom. The fourth-order valence-corrected chi connectivity index (χ4v) is 3.11. The van der Waals surface area contributed by atoms with Crippen LogP contribution in [-0.4, -0.2) is 15.9 Å². The predicted molar refractivity (Wildman–Crippen MR) is 78.8 cm³/mol. The van der Waals surface area contributed by atoms with Gasteiger partial charge in [-0.05, 0) is 25.1 Å². The lowest BCUT2D eigenvalue weighted by Gasteiger charge is -2.02. The van der Waals surface area contributed by atoms with Gasteiger partial charge in [-0.2, -0.15) is 0 Å². The zero-order chi connectivity index (χ0) is 13.4. The number of anilines is 2. The number of carbonyl (C=O) groups is 1. The molecule has 2 heterocycles. The first-order valence-electron chi connectivity index (χ1n) is 5.51. The number of nitrogens with two attached hydrogens (primary N) is 1. The molecule has 7 heteroatoms. The predicted octanol–water partition coefficient (Wildman–Crippen LogP) is 2.90. The highest BCUT2D eigenvalue weighted by molar-refractivity contribution is 7.18. The van der Waals surface area contributed by atoms with E-state index in [0.717, 1.165) is 20.9 Å². The summed E-state index contributed by atoms with van der Waals surface area (Å²) in [6, 6.07) is 5.63. The molecule has 0 bridgehead atoms. The molecular weight excluding hydrogens is 280 g/mol. The average Bonchev–Trinajstić information content (AvgIpc) is 2.93. The first-order chi connectivity index (χ1) is 9.11. The van der Waals surface area contributed by atoms with Crippen LogP contribution in [0.15, 0.2) is 23.6 Å². The molecule has 0 aliphatic rings. The van der Waals surface area contributed by atoms with Crippen LogP contribution in [0.3, 0.4) is 0 Å². The molecule has 0 atom stereocenters. The Kier molecular flexibility index (Phi) is 2.92. The number of fused-ring (bicyclic) bond motifs is 1. The zero-order valence-electron chi connectivity index (χ0n) is 10.0. The molecule has 1 amide bonds. The molecule has 1 aromatic carbocycles. The van der Waals surface area contributed by atoms with E-state index < -0.39 is 0 Å². The van der Waals surface area contributed by atoms with Gasteiger partial charge in [0, 0.05) is 11.1 Å². The number of aryl methyl sites for hydroxylation is 1. The van der Waals surface area contributed by atoms with Crippen LogP contribution < -0.4 is 11.1 Å². The molecular formula is C12H10N4OS2. The third-order valence-corrected chi connectivity index (χ3v) is 4.12. The summed E-state index contributed by atoms with van der Waals surface area (Å²) in [7, 11) is 0. The number of aromatic nitrogens is 2. The summed E-state index contributed by atoms with van der Waals surface area (Å²) in [6.45, 7) is 1.96. The molecule has 0 spiro atoms. The maximum atomic E-state index is 11.9. The van der Waals surface area contributed by atoms with Gasteiger partial charge >= 0.3 is 0 Å².